The zero-order valence-corrected chi connectivity index (χ0v) is 11.3. The minimum atomic E-state index is 0.679. The lowest BCUT2D eigenvalue weighted by Gasteiger charge is -2.10. The van der Waals surface area contributed by atoms with Crippen LogP contribution in [0.1, 0.15) is 16.7 Å². The molecule has 0 N–H and O–H groups in total. The number of aromatic nitrogens is 1. The number of rotatable bonds is 2. The second kappa shape index (κ2) is 4.71. The topological polar surface area (TPSA) is 28.7 Å². The quantitative estimate of drug-likeness (QED) is 0.667. The highest BCUT2D eigenvalue weighted by Gasteiger charge is 2.11. The molecule has 0 aliphatic heterocycles. The van der Waals surface area contributed by atoms with E-state index in [1.807, 2.05) is 42.6 Å². The fourth-order valence-electron chi connectivity index (χ4n) is 2.58. The van der Waals surface area contributed by atoms with Gasteiger partial charge in [-0.3, -0.25) is 0 Å². The van der Waals surface area contributed by atoms with Crippen LogP contribution in [0.3, 0.4) is 0 Å². The van der Waals surface area contributed by atoms with Crippen LogP contribution in [0.5, 0.6) is 0 Å². The number of nitrogens with zero attached hydrogens (tertiary/aromatic N) is 2. The Morgan fingerprint density at radius 3 is 2.65 bits per heavy atom. The zero-order chi connectivity index (χ0) is 14.1. The summed E-state index contributed by atoms with van der Waals surface area (Å²) in [6, 6.07) is 16.3. The van der Waals surface area contributed by atoms with Crippen LogP contribution in [0.15, 0.2) is 55.2 Å². The molecule has 0 radical (unpaired) electrons. The molecule has 3 aromatic rings. The molecule has 0 spiro atoms. The van der Waals surface area contributed by atoms with Gasteiger partial charge in [-0.05, 0) is 36.2 Å². The van der Waals surface area contributed by atoms with E-state index in [0.29, 0.717) is 5.56 Å². The first-order valence-electron chi connectivity index (χ1n) is 6.49. The Bertz CT molecular complexity index is 847. The molecule has 20 heavy (non-hydrogen) atoms. The number of hydrogen-bond acceptors (Lipinski definition) is 1. The zero-order valence-electron chi connectivity index (χ0n) is 11.3. The van der Waals surface area contributed by atoms with Crippen molar-refractivity contribution in [1.82, 2.24) is 4.57 Å². The Morgan fingerprint density at radius 2 is 1.95 bits per heavy atom. The van der Waals surface area contributed by atoms with Crippen molar-refractivity contribution in [1.29, 1.82) is 5.26 Å². The highest BCUT2D eigenvalue weighted by Crippen LogP contribution is 2.28. The van der Waals surface area contributed by atoms with Gasteiger partial charge in [-0.2, -0.15) is 5.26 Å². The molecule has 0 saturated heterocycles. The molecule has 0 aliphatic carbocycles. The monoisotopic (exact) mass is 258 g/mol. The molecular weight excluding hydrogens is 244 g/mol. The predicted molar refractivity (Wildman–Crippen MR) is 82.8 cm³/mol. The van der Waals surface area contributed by atoms with E-state index in [9.17, 15) is 5.26 Å². The SMILES string of the molecule is C=Cc1ccc(C#N)c2c1ccn2-c1ccccc1C. The third kappa shape index (κ3) is 1.72. The van der Waals surface area contributed by atoms with Crippen molar-refractivity contribution >= 4 is 17.0 Å². The Hall–Kier alpha value is -2.79. The number of para-hydroxylation sites is 1. The maximum absolute atomic E-state index is 9.37. The fraction of sp³-hybridized carbons (Fsp3) is 0.0556. The van der Waals surface area contributed by atoms with Gasteiger partial charge in [0.1, 0.15) is 6.07 Å². The summed E-state index contributed by atoms with van der Waals surface area (Å²) in [5, 5.41) is 10.4. The minimum Gasteiger partial charge on any atom is -0.315 e. The molecule has 0 aliphatic rings. The van der Waals surface area contributed by atoms with Crippen LogP contribution in [0.2, 0.25) is 0 Å². The highest BCUT2D eigenvalue weighted by molar-refractivity contribution is 5.94. The summed E-state index contributed by atoms with van der Waals surface area (Å²) in [6.07, 6.45) is 3.84. The molecule has 96 valence electrons. The average Bonchev–Trinajstić information content (AvgIpc) is 2.91. The Labute approximate surface area is 118 Å². The molecule has 0 unspecified atom stereocenters. The molecule has 0 bridgehead atoms. The van der Waals surface area contributed by atoms with E-state index in [0.717, 1.165) is 22.2 Å². The molecule has 0 saturated carbocycles. The summed E-state index contributed by atoms with van der Waals surface area (Å²) >= 11 is 0. The van der Waals surface area contributed by atoms with Crippen LogP contribution >= 0.6 is 0 Å². The van der Waals surface area contributed by atoms with Crippen molar-refractivity contribution in [3.8, 4) is 11.8 Å². The molecule has 1 heterocycles. The first-order valence-corrected chi connectivity index (χ1v) is 6.49. The molecule has 3 rings (SSSR count). The smallest absolute Gasteiger partial charge is 0.101 e. The van der Waals surface area contributed by atoms with E-state index in [-0.39, 0.29) is 0 Å². The van der Waals surface area contributed by atoms with Crippen molar-refractivity contribution in [3.63, 3.8) is 0 Å². The molecular formula is C18H14N2. The van der Waals surface area contributed by atoms with Crippen LogP contribution < -0.4 is 0 Å². The fourth-order valence-corrected chi connectivity index (χ4v) is 2.58. The summed E-state index contributed by atoms with van der Waals surface area (Å²) < 4.78 is 2.08. The van der Waals surface area contributed by atoms with E-state index in [1.165, 1.54) is 5.56 Å². The molecule has 1 aromatic heterocycles. The number of hydrogen-bond donors (Lipinski definition) is 0. The van der Waals surface area contributed by atoms with Gasteiger partial charge in [0.05, 0.1) is 11.1 Å². The van der Waals surface area contributed by atoms with Crippen molar-refractivity contribution in [2.45, 2.75) is 6.92 Å². The van der Waals surface area contributed by atoms with E-state index < -0.39 is 0 Å². The number of fused-ring (bicyclic) bond motifs is 1. The molecule has 0 amide bonds. The lowest BCUT2D eigenvalue weighted by Crippen LogP contribution is -1.96. The lowest BCUT2D eigenvalue weighted by atomic mass is 10.1. The van der Waals surface area contributed by atoms with E-state index >= 15 is 0 Å². The van der Waals surface area contributed by atoms with Crippen LogP contribution in [-0.4, -0.2) is 4.57 Å². The second-order valence-electron chi connectivity index (χ2n) is 4.75. The average molecular weight is 258 g/mol. The highest BCUT2D eigenvalue weighted by atomic mass is 15.0. The number of nitriles is 1. The third-order valence-electron chi connectivity index (χ3n) is 3.60. The summed E-state index contributed by atoms with van der Waals surface area (Å²) in [7, 11) is 0. The van der Waals surface area contributed by atoms with Crippen molar-refractivity contribution in [3.05, 3.63) is 71.9 Å². The molecule has 2 nitrogen and oxygen atoms in total. The van der Waals surface area contributed by atoms with E-state index in [2.05, 4.69) is 36.3 Å². The normalized spacial score (nSPS) is 10.4. The van der Waals surface area contributed by atoms with Gasteiger partial charge in [0.2, 0.25) is 0 Å². The van der Waals surface area contributed by atoms with Crippen molar-refractivity contribution in [2.24, 2.45) is 0 Å². The van der Waals surface area contributed by atoms with Crippen molar-refractivity contribution < 1.29 is 0 Å². The van der Waals surface area contributed by atoms with Crippen LogP contribution in [0, 0.1) is 18.3 Å². The van der Waals surface area contributed by atoms with Gasteiger partial charge >= 0.3 is 0 Å². The van der Waals surface area contributed by atoms with Gasteiger partial charge in [0, 0.05) is 17.3 Å². The van der Waals surface area contributed by atoms with Gasteiger partial charge in [-0.15, -0.1) is 0 Å². The molecule has 0 fully saturated rings. The minimum absolute atomic E-state index is 0.679. The van der Waals surface area contributed by atoms with E-state index in [1.54, 1.807) is 0 Å². The first-order chi connectivity index (χ1) is 9.76. The molecule has 2 aromatic carbocycles. The first kappa shape index (κ1) is 12.3. The largest absolute Gasteiger partial charge is 0.315 e. The third-order valence-corrected chi connectivity index (χ3v) is 3.60. The summed E-state index contributed by atoms with van der Waals surface area (Å²) in [4.78, 5) is 0. The molecule has 2 heteroatoms. The summed E-state index contributed by atoms with van der Waals surface area (Å²) in [5.41, 5.74) is 4.95. The van der Waals surface area contributed by atoms with Gasteiger partial charge in [-0.25, -0.2) is 0 Å². The Morgan fingerprint density at radius 1 is 1.15 bits per heavy atom. The summed E-state index contributed by atoms with van der Waals surface area (Å²) in [5.74, 6) is 0. The number of aryl methyl sites for hydroxylation is 1. The molecule has 0 atom stereocenters. The van der Waals surface area contributed by atoms with Crippen LogP contribution in [-0.2, 0) is 0 Å². The van der Waals surface area contributed by atoms with Crippen LogP contribution in [0.25, 0.3) is 22.7 Å². The Balaban J connectivity index is 2.42. The maximum atomic E-state index is 9.37. The maximum Gasteiger partial charge on any atom is 0.101 e. The number of benzene rings is 2. The lowest BCUT2D eigenvalue weighted by molar-refractivity contribution is 1.10. The summed E-state index contributed by atoms with van der Waals surface area (Å²) in [6.45, 7) is 5.92. The van der Waals surface area contributed by atoms with Gasteiger partial charge in [0.15, 0.2) is 0 Å². The van der Waals surface area contributed by atoms with Gasteiger partial charge in [-0.1, -0.05) is 36.9 Å². The van der Waals surface area contributed by atoms with Crippen molar-refractivity contribution in [2.75, 3.05) is 0 Å². The second-order valence-corrected chi connectivity index (χ2v) is 4.75. The standard InChI is InChI=1S/C18H14N2/c1-3-14-8-9-15(12-19)18-16(14)10-11-20(18)17-7-5-4-6-13(17)2/h3-11H,1H2,2H3. The van der Waals surface area contributed by atoms with Gasteiger partial charge < -0.3 is 4.57 Å². The Kier molecular flexibility index (Phi) is 2.89. The van der Waals surface area contributed by atoms with E-state index in [4.69, 9.17) is 0 Å². The predicted octanol–water partition coefficient (Wildman–Crippen LogP) is 4.45. The van der Waals surface area contributed by atoms with Gasteiger partial charge in [0.25, 0.3) is 0 Å². The van der Waals surface area contributed by atoms with Crippen LogP contribution in [0.4, 0.5) is 0 Å².